The average Bonchev–Trinajstić information content (AvgIpc) is 2.12. The van der Waals surface area contributed by atoms with Crippen LogP contribution in [0.15, 0.2) is 22.7 Å². The summed E-state index contributed by atoms with van der Waals surface area (Å²) in [6.07, 6.45) is 1.45. The molecule has 2 nitrogen and oxygen atoms in total. The Morgan fingerprint density at radius 3 is 2.86 bits per heavy atom. The lowest BCUT2D eigenvalue weighted by molar-refractivity contribution is -0.116. The van der Waals surface area contributed by atoms with E-state index in [1.54, 1.807) is 0 Å². The Morgan fingerprint density at radius 1 is 1.57 bits per heavy atom. The largest absolute Gasteiger partial charge is 0.326 e. The summed E-state index contributed by atoms with van der Waals surface area (Å²) < 4.78 is 2.14. The van der Waals surface area contributed by atoms with Gasteiger partial charge in [0.1, 0.15) is 0 Å². The second-order valence-electron chi connectivity index (χ2n) is 2.93. The van der Waals surface area contributed by atoms with Crippen LogP contribution in [0.4, 0.5) is 5.69 Å². The van der Waals surface area contributed by atoms with Gasteiger partial charge in [0.05, 0.1) is 0 Å². The molecule has 0 aliphatic rings. The van der Waals surface area contributed by atoms with E-state index in [4.69, 9.17) is 0 Å². The van der Waals surface area contributed by atoms with Crippen LogP contribution in [0.3, 0.4) is 0 Å². The molecule has 0 aliphatic carbocycles. The first-order valence-electron chi connectivity index (χ1n) is 4.38. The predicted octanol–water partition coefficient (Wildman–Crippen LogP) is 3.79. The summed E-state index contributed by atoms with van der Waals surface area (Å²) in [5.41, 5.74) is 0.843. The number of carbonyl (C=O) groups is 1. The summed E-state index contributed by atoms with van der Waals surface area (Å²) in [7, 11) is 0. The van der Waals surface area contributed by atoms with Gasteiger partial charge >= 0.3 is 0 Å². The maximum Gasteiger partial charge on any atom is 0.224 e. The lowest BCUT2D eigenvalue weighted by Crippen LogP contribution is -2.10. The van der Waals surface area contributed by atoms with Crippen LogP contribution in [0.2, 0.25) is 0 Å². The highest BCUT2D eigenvalue weighted by molar-refractivity contribution is 14.1. The molecule has 0 heterocycles. The van der Waals surface area contributed by atoms with Crippen LogP contribution >= 0.6 is 38.5 Å². The Bertz CT molecular complexity index is 341. The van der Waals surface area contributed by atoms with Gasteiger partial charge in [-0.15, -0.1) is 0 Å². The molecule has 0 unspecified atom stereocenters. The zero-order valence-corrected chi connectivity index (χ0v) is 11.6. The van der Waals surface area contributed by atoms with E-state index in [2.05, 4.69) is 43.8 Å². The molecule has 0 fully saturated rings. The molecule has 1 aromatic rings. The summed E-state index contributed by atoms with van der Waals surface area (Å²) in [5.74, 6) is 0.0700. The van der Waals surface area contributed by atoms with Crippen molar-refractivity contribution >= 4 is 50.1 Å². The molecule has 0 atom stereocenters. The molecule has 1 aromatic carbocycles. The number of anilines is 1. The highest BCUT2D eigenvalue weighted by Crippen LogP contribution is 2.22. The van der Waals surface area contributed by atoms with E-state index >= 15 is 0 Å². The van der Waals surface area contributed by atoms with E-state index in [0.29, 0.717) is 6.42 Å². The van der Waals surface area contributed by atoms with Gasteiger partial charge < -0.3 is 5.32 Å². The van der Waals surface area contributed by atoms with Crippen molar-refractivity contribution in [2.75, 3.05) is 5.32 Å². The zero-order valence-electron chi connectivity index (χ0n) is 7.81. The smallest absolute Gasteiger partial charge is 0.224 e. The van der Waals surface area contributed by atoms with Crippen LogP contribution in [0.1, 0.15) is 19.8 Å². The molecule has 0 aromatic heterocycles. The van der Waals surface area contributed by atoms with Crippen molar-refractivity contribution in [2.24, 2.45) is 0 Å². The van der Waals surface area contributed by atoms with Gasteiger partial charge in [-0.2, -0.15) is 0 Å². The molecule has 14 heavy (non-hydrogen) atoms. The van der Waals surface area contributed by atoms with Crippen molar-refractivity contribution in [1.29, 1.82) is 0 Å². The molecule has 0 aliphatic heterocycles. The van der Waals surface area contributed by atoms with E-state index in [9.17, 15) is 4.79 Å². The molecule has 0 radical (unpaired) electrons. The van der Waals surface area contributed by atoms with Crippen molar-refractivity contribution in [2.45, 2.75) is 19.8 Å². The lowest BCUT2D eigenvalue weighted by Gasteiger charge is -2.05. The highest BCUT2D eigenvalue weighted by Gasteiger charge is 2.02. The Labute approximate surface area is 106 Å². The second kappa shape index (κ2) is 5.70. The molecule has 0 saturated carbocycles. The minimum atomic E-state index is 0.0700. The fraction of sp³-hybridized carbons (Fsp3) is 0.300. The van der Waals surface area contributed by atoms with E-state index in [0.717, 1.165) is 20.2 Å². The van der Waals surface area contributed by atoms with E-state index in [-0.39, 0.29) is 5.91 Å². The summed E-state index contributed by atoms with van der Waals surface area (Å²) in [6.45, 7) is 1.99. The maximum atomic E-state index is 11.3. The molecular weight excluding hydrogens is 357 g/mol. The number of rotatable bonds is 3. The molecule has 1 rings (SSSR count). The molecule has 4 heteroatoms. The normalized spacial score (nSPS) is 9.93. The molecule has 0 spiro atoms. The van der Waals surface area contributed by atoms with Crippen LogP contribution in [0.5, 0.6) is 0 Å². The first kappa shape index (κ1) is 12.0. The molecule has 1 amide bonds. The van der Waals surface area contributed by atoms with Crippen LogP contribution in [0.25, 0.3) is 0 Å². The Balaban J connectivity index is 2.68. The van der Waals surface area contributed by atoms with E-state index < -0.39 is 0 Å². The maximum absolute atomic E-state index is 11.3. The first-order valence-corrected chi connectivity index (χ1v) is 6.25. The lowest BCUT2D eigenvalue weighted by atomic mass is 10.3. The minimum Gasteiger partial charge on any atom is -0.326 e. The van der Waals surface area contributed by atoms with Gasteiger partial charge in [0.15, 0.2) is 0 Å². The summed E-state index contributed by atoms with van der Waals surface area (Å²) in [6, 6.07) is 5.78. The third-order valence-corrected chi connectivity index (χ3v) is 4.02. The van der Waals surface area contributed by atoms with Crippen LogP contribution in [-0.4, -0.2) is 5.91 Å². The van der Waals surface area contributed by atoms with Gasteiger partial charge in [-0.25, -0.2) is 0 Å². The highest BCUT2D eigenvalue weighted by atomic mass is 127. The molecule has 0 bridgehead atoms. The van der Waals surface area contributed by atoms with Gasteiger partial charge in [0.2, 0.25) is 5.91 Å². The van der Waals surface area contributed by atoms with Gasteiger partial charge in [-0.05, 0) is 63.1 Å². The quantitative estimate of drug-likeness (QED) is 0.809. The number of hydrogen-bond acceptors (Lipinski definition) is 1. The minimum absolute atomic E-state index is 0.0700. The topological polar surface area (TPSA) is 29.1 Å². The standard InChI is InChI=1S/C10H11BrINO/c1-2-3-10(14)13-7-4-5-9(12)8(11)6-7/h4-6H,2-3H2,1H3,(H,13,14). The van der Waals surface area contributed by atoms with Crippen molar-refractivity contribution in [3.63, 3.8) is 0 Å². The number of halogens is 2. The third kappa shape index (κ3) is 3.57. The average molecular weight is 368 g/mol. The van der Waals surface area contributed by atoms with Crippen LogP contribution in [-0.2, 0) is 4.79 Å². The Kier molecular flexibility index (Phi) is 4.88. The fourth-order valence-corrected chi connectivity index (χ4v) is 1.74. The number of amides is 1. The van der Waals surface area contributed by atoms with Gasteiger partial charge in [-0.1, -0.05) is 6.92 Å². The first-order chi connectivity index (χ1) is 6.63. The molecule has 1 N–H and O–H groups in total. The molecule has 76 valence electrons. The summed E-state index contributed by atoms with van der Waals surface area (Å²) in [4.78, 5) is 11.3. The number of carbonyl (C=O) groups excluding carboxylic acids is 1. The SMILES string of the molecule is CCCC(=O)Nc1ccc(I)c(Br)c1. The van der Waals surface area contributed by atoms with E-state index in [1.807, 2.05) is 25.1 Å². The van der Waals surface area contributed by atoms with Crippen LogP contribution in [0, 0.1) is 3.57 Å². The zero-order chi connectivity index (χ0) is 10.6. The summed E-state index contributed by atoms with van der Waals surface area (Å²) in [5, 5.41) is 2.84. The monoisotopic (exact) mass is 367 g/mol. The third-order valence-electron chi connectivity index (χ3n) is 1.68. The Morgan fingerprint density at radius 2 is 2.29 bits per heavy atom. The number of benzene rings is 1. The number of hydrogen-bond donors (Lipinski definition) is 1. The van der Waals surface area contributed by atoms with Gasteiger partial charge in [0, 0.05) is 20.2 Å². The van der Waals surface area contributed by atoms with Crippen molar-refractivity contribution in [3.05, 3.63) is 26.2 Å². The number of nitrogens with one attached hydrogen (secondary N) is 1. The van der Waals surface area contributed by atoms with Crippen molar-refractivity contribution in [3.8, 4) is 0 Å². The summed E-state index contributed by atoms with van der Waals surface area (Å²) >= 11 is 5.65. The second-order valence-corrected chi connectivity index (χ2v) is 4.94. The Hall–Kier alpha value is -0.100. The molecular formula is C10H11BrINO. The van der Waals surface area contributed by atoms with Crippen molar-refractivity contribution < 1.29 is 4.79 Å². The fourth-order valence-electron chi connectivity index (χ4n) is 1.02. The van der Waals surface area contributed by atoms with Gasteiger partial charge in [0.25, 0.3) is 0 Å². The molecule has 0 saturated heterocycles. The van der Waals surface area contributed by atoms with Crippen LogP contribution < -0.4 is 5.32 Å². The van der Waals surface area contributed by atoms with E-state index in [1.165, 1.54) is 0 Å². The van der Waals surface area contributed by atoms with Gasteiger partial charge in [-0.3, -0.25) is 4.79 Å². The van der Waals surface area contributed by atoms with Crippen molar-refractivity contribution in [1.82, 2.24) is 0 Å². The predicted molar refractivity (Wildman–Crippen MR) is 70.4 cm³/mol.